The standard InChI is InChI=1S/C10H22N2O/c1-8(2)7-11-12-9(3)6-10(4,5)13/h8,11,13H,6-7H2,1-5H3/b12-9+. The van der Waals surface area contributed by atoms with E-state index >= 15 is 0 Å². The first kappa shape index (κ1) is 12.4. The van der Waals surface area contributed by atoms with Crippen molar-refractivity contribution in [3.8, 4) is 0 Å². The molecule has 0 fully saturated rings. The van der Waals surface area contributed by atoms with Gasteiger partial charge in [-0.2, -0.15) is 5.10 Å². The maximum atomic E-state index is 9.49. The average molecular weight is 186 g/mol. The molecular weight excluding hydrogens is 164 g/mol. The summed E-state index contributed by atoms with van der Waals surface area (Å²) in [5, 5.41) is 13.6. The number of hydrogen-bond acceptors (Lipinski definition) is 3. The molecule has 3 nitrogen and oxygen atoms in total. The highest BCUT2D eigenvalue weighted by Gasteiger charge is 2.13. The predicted octanol–water partition coefficient (Wildman–Crippen LogP) is 1.77. The van der Waals surface area contributed by atoms with Gasteiger partial charge in [-0.15, -0.1) is 0 Å². The zero-order valence-corrected chi connectivity index (χ0v) is 9.39. The number of nitrogens with one attached hydrogen (secondary N) is 1. The van der Waals surface area contributed by atoms with Crippen molar-refractivity contribution in [1.29, 1.82) is 0 Å². The van der Waals surface area contributed by atoms with Crippen LogP contribution in [0.1, 0.15) is 41.0 Å². The lowest BCUT2D eigenvalue weighted by atomic mass is 10.0. The lowest BCUT2D eigenvalue weighted by Crippen LogP contribution is -2.24. The maximum Gasteiger partial charge on any atom is 0.0644 e. The smallest absolute Gasteiger partial charge is 0.0644 e. The zero-order valence-electron chi connectivity index (χ0n) is 9.39. The Morgan fingerprint density at radius 2 is 2.00 bits per heavy atom. The summed E-state index contributed by atoms with van der Waals surface area (Å²) >= 11 is 0. The van der Waals surface area contributed by atoms with E-state index in [1.54, 1.807) is 13.8 Å². The molecule has 13 heavy (non-hydrogen) atoms. The zero-order chi connectivity index (χ0) is 10.5. The first-order valence-electron chi connectivity index (χ1n) is 4.79. The van der Waals surface area contributed by atoms with E-state index in [0.29, 0.717) is 12.3 Å². The molecule has 0 aromatic heterocycles. The van der Waals surface area contributed by atoms with Crippen molar-refractivity contribution < 1.29 is 5.11 Å². The molecule has 0 unspecified atom stereocenters. The number of nitrogens with zero attached hydrogens (tertiary/aromatic N) is 1. The van der Waals surface area contributed by atoms with Crippen molar-refractivity contribution in [1.82, 2.24) is 5.43 Å². The van der Waals surface area contributed by atoms with E-state index in [2.05, 4.69) is 24.4 Å². The van der Waals surface area contributed by atoms with Gasteiger partial charge in [0.1, 0.15) is 0 Å². The van der Waals surface area contributed by atoms with Crippen LogP contribution in [0.15, 0.2) is 5.10 Å². The van der Waals surface area contributed by atoms with Gasteiger partial charge in [0.15, 0.2) is 0 Å². The van der Waals surface area contributed by atoms with Crippen molar-refractivity contribution >= 4 is 5.71 Å². The highest BCUT2D eigenvalue weighted by Crippen LogP contribution is 2.07. The van der Waals surface area contributed by atoms with Gasteiger partial charge in [0.2, 0.25) is 0 Å². The molecule has 0 amide bonds. The van der Waals surface area contributed by atoms with Crippen LogP contribution in [-0.2, 0) is 0 Å². The molecule has 0 spiro atoms. The Bertz CT molecular complexity index is 168. The summed E-state index contributed by atoms with van der Waals surface area (Å²) in [5.41, 5.74) is 3.26. The number of hydrazone groups is 1. The van der Waals surface area contributed by atoms with Crippen LogP contribution in [0.5, 0.6) is 0 Å². The van der Waals surface area contributed by atoms with Gasteiger partial charge in [-0.1, -0.05) is 13.8 Å². The van der Waals surface area contributed by atoms with Crippen molar-refractivity contribution in [2.45, 2.75) is 46.6 Å². The van der Waals surface area contributed by atoms with Crippen LogP contribution in [0.2, 0.25) is 0 Å². The average Bonchev–Trinajstić information content (AvgIpc) is 1.81. The third-order valence-electron chi connectivity index (χ3n) is 1.46. The third kappa shape index (κ3) is 9.34. The quantitative estimate of drug-likeness (QED) is 0.507. The van der Waals surface area contributed by atoms with Gasteiger partial charge < -0.3 is 10.5 Å². The molecule has 0 radical (unpaired) electrons. The Balaban J connectivity index is 3.76. The van der Waals surface area contributed by atoms with Crippen LogP contribution in [0.25, 0.3) is 0 Å². The highest BCUT2D eigenvalue weighted by atomic mass is 16.3. The molecule has 0 rings (SSSR count). The summed E-state index contributed by atoms with van der Waals surface area (Å²) in [4.78, 5) is 0. The fraction of sp³-hybridized carbons (Fsp3) is 0.900. The largest absolute Gasteiger partial charge is 0.390 e. The third-order valence-corrected chi connectivity index (χ3v) is 1.46. The first-order chi connectivity index (χ1) is 5.81. The monoisotopic (exact) mass is 186 g/mol. The van der Waals surface area contributed by atoms with Gasteiger partial charge in [0.05, 0.1) is 5.60 Å². The summed E-state index contributed by atoms with van der Waals surface area (Å²) < 4.78 is 0. The second kappa shape index (κ2) is 5.22. The van der Waals surface area contributed by atoms with E-state index in [1.807, 2.05) is 6.92 Å². The van der Waals surface area contributed by atoms with Crippen LogP contribution < -0.4 is 5.43 Å². The van der Waals surface area contributed by atoms with E-state index < -0.39 is 5.60 Å². The molecule has 0 aromatic carbocycles. The normalized spacial score (nSPS) is 13.6. The van der Waals surface area contributed by atoms with Gasteiger partial charge in [-0.05, 0) is 26.7 Å². The minimum Gasteiger partial charge on any atom is -0.390 e. The van der Waals surface area contributed by atoms with Crippen molar-refractivity contribution in [2.24, 2.45) is 11.0 Å². The van der Waals surface area contributed by atoms with Crippen LogP contribution in [0, 0.1) is 5.92 Å². The van der Waals surface area contributed by atoms with Gasteiger partial charge in [-0.3, -0.25) is 0 Å². The Labute approximate surface area is 81.2 Å². The maximum absolute atomic E-state index is 9.49. The molecule has 0 heterocycles. The first-order valence-corrected chi connectivity index (χ1v) is 4.79. The van der Waals surface area contributed by atoms with Crippen LogP contribution in [0.3, 0.4) is 0 Å². The number of aliphatic hydroxyl groups is 1. The van der Waals surface area contributed by atoms with Gasteiger partial charge in [-0.25, -0.2) is 0 Å². The molecule has 0 atom stereocenters. The van der Waals surface area contributed by atoms with Gasteiger partial charge >= 0.3 is 0 Å². The molecule has 0 saturated carbocycles. The van der Waals surface area contributed by atoms with Crippen molar-refractivity contribution in [3.05, 3.63) is 0 Å². The van der Waals surface area contributed by atoms with Crippen LogP contribution in [-0.4, -0.2) is 23.0 Å². The minimum atomic E-state index is -0.660. The molecule has 3 heteroatoms. The predicted molar refractivity (Wildman–Crippen MR) is 56.9 cm³/mol. The SMILES string of the molecule is C/C(CC(C)(C)O)=N\NCC(C)C. The Hall–Kier alpha value is -0.570. The Morgan fingerprint density at radius 1 is 1.46 bits per heavy atom. The van der Waals surface area contributed by atoms with E-state index in [-0.39, 0.29) is 0 Å². The van der Waals surface area contributed by atoms with Crippen LogP contribution in [0.4, 0.5) is 0 Å². The Morgan fingerprint density at radius 3 is 2.38 bits per heavy atom. The summed E-state index contributed by atoms with van der Waals surface area (Å²) in [7, 11) is 0. The second-order valence-corrected chi connectivity index (χ2v) is 4.59. The molecule has 0 aliphatic heterocycles. The highest BCUT2D eigenvalue weighted by molar-refractivity contribution is 5.82. The molecule has 0 aromatic rings. The number of rotatable bonds is 5. The molecule has 0 saturated heterocycles. The van der Waals surface area contributed by atoms with Gasteiger partial charge in [0, 0.05) is 18.7 Å². The van der Waals surface area contributed by atoms with Crippen molar-refractivity contribution in [2.75, 3.05) is 6.54 Å². The molecule has 0 bridgehead atoms. The van der Waals surface area contributed by atoms with E-state index in [0.717, 1.165) is 12.3 Å². The molecule has 0 aliphatic carbocycles. The topological polar surface area (TPSA) is 44.6 Å². The fourth-order valence-electron chi connectivity index (χ4n) is 1.03. The molecule has 0 aliphatic rings. The summed E-state index contributed by atoms with van der Waals surface area (Å²) in [5.74, 6) is 0.596. The second-order valence-electron chi connectivity index (χ2n) is 4.59. The summed E-state index contributed by atoms with van der Waals surface area (Å²) in [6.07, 6.45) is 0.609. The van der Waals surface area contributed by atoms with Crippen LogP contribution >= 0.6 is 0 Å². The lowest BCUT2D eigenvalue weighted by Gasteiger charge is -2.16. The minimum absolute atomic E-state index is 0.596. The summed E-state index contributed by atoms with van der Waals surface area (Å²) in [6.45, 7) is 10.6. The van der Waals surface area contributed by atoms with E-state index in [9.17, 15) is 5.11 Å². The molecule has 78 valence electrons. The fourth-order valence-corrected chi connectivity index (χ4v) is 1.03. The van der Waals surface area contributed by atoms with Crippen molar-refractivity contribution in [3.63, 3.8) is 0 Å². The summed E-state index contributed by atoms with van der Waals surface area (Å²) in [6, 6.07) is 0. The Kier molecular flexibility index (Phi) is 4.99. The molecule has 2 N–H and O–H groups in total. The van der Waals surface area contributed by atoms with E-state index in [1.165, 1.54) is 0 Å². The lowest BCUT2D eigenvalue weighted by molar-refractivity contribution is 0.0883. The van der Waals surface area contributed by atoms with Gasteiger partial charge in [0.25, 0.3) is 0 Å². The van der Waals surface area contributed by atoms with E-state index in [4.69, 9.17) is 0 Å². The number of hydrogen-bond donors (Lipinski definition) is 2. The molecular formula is C10H22N2O.